The van der Waals surface area contributed by atoms with Crippen molar-refractivity contribution < 1.29 is 0 Å². The topological polar surface area (TPSA) is 38.1 Å². The Morgan fingerprint density at radius 3 is 2.74 bits per heavy atom. The first-order valence-electron chi connectivity index (χ1n) is 12.1. The first-order chi connectivity index (χ1) is 16.4. The summed E-state index contributed by atoms with van der Waals surface area (Å²) in [6, 6.07) is 15.3. The Balaban J connectivity index is 1.56. The predicted molar refractivity (Wildman–Crippen MR) is 144 cm³/mol. The van der Waals surface area contributed by atoms with Crippen LogP contribution in [0.25, 0.3) is 34.7 Å². The standard InChI is InChI=1S/C30H34N4/c1-6-23-9-7-10-24(16-23)26-11-8-12-28-30(26)27(22(4)32-28)17-29-21(3)25(18-31-29)15-20(2)34-14-13-33(5)19-34/h7-12,16-18,31-32H,2,4,6,13-15,19H2,1,3,5H3/b27-17+. The third-order valence-corrected chi connectivity index (χ3v) is 7.17. The fraction of sp³-hybridized carbons (Fsp3) is 0.267. The first kappa shape index (κ1) is 22.3. The molecule has 1 aliphatic heterocycles. The molecule has 2 aromatic carbocycles. The lowest BCUT2D eigenvalue weighted by Crippen LogP contribution is -2.23. The summed E-state index contributed by atoms with van der Waals surface area (Å²) in [5.74, 6) is 0. The number of aromatic amines is 2. The van der Waals surface area contributed by atoms with Crippen molar-refractivity contribution >= 4 is 23.6 Å². The molecule has 4 aromatic rings. The van der Waals surface area contributed by atoms with Crippen molar-refractivity contribution in [3.8, 4) is 11.1 Å². The van der Waals surface area contributed by atoms with E-state index in [4.69, 9.17) is 0 Å². The minimum atomic E-state index is 0.865. The summed E-state index contributed by atoms with van der Waals surface area (Å²) in [6.07, 6.45) is 6.28. The maximum absolute atomic E-state index is 4.37. The number of nitrogens with one attached hydrogen (secondary N) is 2. The van der Waals surface area contributed by atoms with Gasteiger partial charge < -0.3 is 14.9 Å². The van der Waals surface area contributed by atoms with Crippen LogP contribution in [0.1, 0.15) is 29.3 Å². The second kappa shape index (κ2) is 9.03. The van der Waals surface area contributed by atoms with E-state index in [1.54, 1.807) is 0 Å². The summed E-state index contributed by atoms with van der Waals surface area (Å²) in [4.78, 5) is 11.7. The van der Waals surface area contributed by atoms with E-state index in [1.165, 1.54) is 38.9 Å². The van der Waals surface area contributed by atoms with Gasteiger partial charge in [-0.05, 0) is 60.4 Å². The molecular formula is C30H34N4. The number of aromatic nitrogens is 2. The molecule has 0 radical (unpaired) electrons. The number of hydrogen-bond donors (Lipinski definition) is 2. The van der Waals surface area contributed by atoms with Gasteiger partial charge in [0.25, 0.3) is 0 Å². The van der Waals surface area contributed by atoms with Gasteiger partial charge in [0.05, 0.1) is 6.67 Å². The lowest BCUT2D eigenvalue weighted by Gasteiger charge is -2.20. The maximum atomic E-state index is 4.37. The van der Waals surface area contributed by atoms with Crippen molar-refractivity contribution in [3.05, 3.63) is 93.9 Å². The highest BCUT2D eigenvalue weighted by Crippen LogP contribution is 2.27. The van der Waals surface area contributed by atoms with E-state index in [0.717, 1.165) is 54.4 Å². The number of aryl methyl sites for hydroxylation is 1. The summed E-state index contributed by atoms with van der Waals surface area (Å²) in [6.45, 7) is 16.2. The molecule has 2 aromatic heterocycles. The summed E-state index contributed by atoms with van der Waals surface area (Å²) >= 11 is 0. The Bertz CT molecular complexity index is 1470. The Hall–Kier alpha value is -3.50. The van der Waals surface area contributed by atoms with Crippen LogP contribution >= 0.6 is 0 Å². The molecule has 0 spiro atoms. The monoisotopic (exact) mass is 450 g/mol. The van der Waals surface area contributed by atoms with Crippen molar-refractivity contribution in [1.82, 2.24) is 19.8 Å². The highest BCUT2D eigenvalue weighted by atomic mass is 15.4. The van der Waals surface area contributed by atoms with Gasteiger partial charge >= 0.3 is 0 Å². The van der Waals surface area contributed by atoms with Crippen molar-refractivity contribution in [2.75, 3.05) is 26.8 Å². The third kappa shape index (κ3) is 4.10. The van der Waals surface area contributed by atoms with Gasteiger partial charge in [0.2, 0.25) is 0 Å². The van der Waals surface area contributed by atoms with Crippen LogP contribution in [-0.4, -0.2) is 46.6 Å². The maximum Gasteiger partial charge on any atom is 0.0702 e. The lowest BCUT2D eigenvalue weighted by molar-refractivity contribution is 0.320. The molecule has 5 rings (SSSR count). The van der Waals surface area contributed by atoms with Gasteiger partial charge in [-0.15, -0.1) is 0 Å². The number of rotatable bonds is 6. The molecule has 4 heteroatoms. The fourth-order valence-corrected chi connectivity index (χ4v) is 5.03. The van der Waals surface area contributed by atoms with E-state index in [1.807, 2.05) is 0 Å². The summed E-state index contributed by atoms with van der Waals surface area (Å²) < 4.78 is 0. The first-order valence-corrected chi connectivity index (χ1v) is 12.1. The van der Waals surface area contributed by atoms with Crippen LogP contribution < -0.4 is 10.6 Å². The van der Waals surface area contributed by atoms with E-state index in [9.17, 15) is 0 Å². The third-order valence-electron chi connectivity index (χ3n) is 7.17. The number of likely N-dealkylation sites (N-methyl/N-ethyl adjacent to an activating group) is 1. The average Bonchev–Trinajstić information content (AvgIpc) is 3.52. The van der Waals surface area contributed by atoms with Gasteiger partial charge in [-0.3, -0.25) is 4.90 Å². The van der Waals surface area contributed by atoms with Crippen molar-refractivity contribution in [3.63, 3.8) is 0 Å². The number of benzene rings is 2. The molecule has 4 nitrogen and oxygen atoms in total. The van der Waals surface area contributed by atoms with Crippen LogP contribution in [0.5, 0.6) is 0 Å². The minimum Gasteiger partial charge on any atom is -0.361 e. The highest BCUT2D eigenvalue weighted by molar-refractivity contribution is 5.96. The predicted octanol–water partition coefficient (Wildman–Crippen LogP) is 4.53. The van der Waals surface area contributed by atoms with Gasteiger partial charge in [-0.25, -0.2) is 0 Å². The Labute approximate surface area is 201 Å². The Morgan fingerprint density at radius 2 is 1.97 bits per heavy atom. The van der Waals surface area contributed by atoms with Crippen LogP contribution in [0, 0.1) is 6.92 Å². The molecule has 1 fully saturated rings. The van der Waals surface area contributed by atoms with Crippen molar-refractivity contribution in [1.29, 1.82) is 0 Å². The smallest absolute Gasteiger partial charge is 0.0702 e. The SMILES string of the molecule is C=C(Cc1c[nH]c(/C=c2\c(=C)[nH]c3cccc(-c4cccc(CC)c4)c23)c1C)N1CCN(C)C1. The molecule has 34 heavy (non-hydrogen) atoms. The van der Waals surface area contributed by atoms with Crippen LogP contribution in [0.2, 0.25) is 0 Å². The van der Waals surface area contributed by atoms with E-state index >= 15 is 0 Å². The fourth-order valence-electron chi connectivity index (χ4n) is 5.03. The number of fused-ring (bicyclic) bond motifs is 1. The van der Waals surface area contributed by atoms with E-state index in [-0.39, 0.29) is 0 Å². The summed E-state index contributed by atoms with van der Waals surface area (Å²) in [5, 5.41) is 3.30. The van der Waals surface area contributed by atoms with Crippen LogP contribution in [0.15, 0.2) is 60.9 Å². The molecule has 1 saturated heterocycles. The Kier molecular flexibility index (Phi) is 5.93. The second-order valence-electron chi connectivity index (χ2n) is 9.52. The minimum absolute atomic E-state index is 0.865. The molecule has 3 heterocycles. The molecule has 2 N–H and O–H groups in total. The largest absolute Gasteiger partial charge is 0.361 e. The lowest BCUT2D eigenvalue weighted by atomic mass is 9.98. The molecular weight excluding hydrogens is 416 g/mol. The van der Waals surface area contributed by atoms with E-state index in [2.05, 4.69) is 109 Å². The highest BCUT2D eigenvalue weighted by Gasteiger charge is 2.19. The zero-order chi connectivity index (χ0) is 23.8. The summed E-state index contributed by atoms with van der Waals surface area (Å²) in [5.41, 5.74) is 9.83. The van der Waals surface area contributed by atoms with Gasteiger partial charge in [0.15, 0.2) is 0 Å². The normalized spacial score (nSPS) is 15.0. The molecule has 1 aliphatic rings. The van der Waals surface area contributed by atoms with Gasteiger partial charge in [-0.1, -0.05) is 56.5 Å². The van der Waals surface area contributed by atoms with Crippen molar-refractivity contribution in [2.45, 2.75) is 26.7 Å². The number of nitrogens with zero attached hydrogens (tertiary/aromatic N) is 2. The average molecular weight is 451 g/mol. The van der Waals surface area contributed by atoms with Gasteiger partial charge in [-0.2, -0.15) is 0 Å². The van der Waals surface area contributed by atoms with Crippen LogP contribution in [0.3, 0.4) is 0 Å². The van der Waals surface area contributed by atoms with E-state index < -0.39 is 0 Å². The number of H-pyrrole nitrogens is 2. The van der Waals surface area contributed by atoms with Crippen LogP contribution in [0.4, 0.5) is 0 Å². The molecule has 0 aliphatic carbocycles. The number of hydrogen-bond acceptors (Lipinski definition) is 2. The zero-order valence-electron chi connectivity index (χ0n) is 20.5. The summed E-state index contributed by atoms with van der Waals surface area (Å²) in [7, 11) is 2.16. The van der Waals surface area contributed by atoms with Gasteiger partial charge in [0, 0.05) is 58.6 Å². The molecule has 0 amide bonds. The van der Waals surface area contributed by atoms with Crippen LogP contribution in [-0.2, 0) is 12.8 Å². The Morgan fingerprint density at radius 1 is 1.15 bits per heavy atom. The number of allylic oxidation sites excluding steroid dienone is 1. The molecule has 0 saturated carbocycles. The second-order valence-corrected chi connectivity index (χ2v) is 9.52. The molecule has 0 atom stereocenters. The van der Waals surface area contributed by atoms with E-state index in [0.29, 0.717) is 0 Å². The molecule has 174 valence electrons. The zero-order valence-corrected chi connectivity index (χ0v) is 20.5. The molecule has 0 unspecified atom stereocenters. The molecule has 0 bridgehead atoms. The van der Waals surface area contributed by atoms with Gasteiger partial charge in [0.1, 0.15) is 0 Å². The van der Waals surface area contributed by atoms with Crippen molar-refractivity contribution in [2.24, 2.45) is 0 Å². The quantitative estimate of drug-likeness (QED) is 0.453.